The highest BCUT2D eigenvalue weighted by Gasteiger charge is 2.18. The monoisotopic (exact) mass is 267 g/mol. The van der Waals surface area contributed by atoms with E-state index in [0.29, 0.717) is 19.4 Å². The summed E-state index contributed by atoms with van der Waals surface area (Å²) >= 11 is 0. The minimum atomic E-state index is -0.306. The number of likely N-dealkylation sites (N-methyl/N-ethyl adjacent to an activating group) is 1. The van der Waals surface area contributed by atoms with Gasteiger partial charge in [-0.25, -0.2) is 0 Å². The summed E-state index contributed by atoms with van der Waals surface area (Å²) < 4.78 is 5.39. The Kier molecular flexibility index (Phi) is 5.57. The number of nitrogens with one attached hydrogen (secondary N) is 1. The van der Waals surface area contributed by atoms with Crippen molar-refractivity contribution in [1.29, 1.82) is 0 Å². The lowest BCUT2D eigenvalue weighted by Gasteiger charge is -2.23. The number of nitrogens with zero attached hydrogens (tertiary/aromatic N) is 1. The molecule has 108 valence electrons. The predicted molar refractivity (Wildman–Crippen MR) is 75.6 cm³/mol. The van der Waals surface area contributed by atoms with Crippen LogP contribution in [0.1, 0.15) is 38.5 Å². The number of furan rings is 1. The molecule has 1 aromatic rings. The fourth-order valence-corrected chi connectivity index (χ4v) is 1.75. The second-order valence-electron chi connectivity index (χ2n) is 5.79. The van der Waals surface area contributed by atoms with Gasteiger partial charge in [0.25, 0.3) is 0 Å². The molecule has 0 saturated carbocycles. The number of hydrogen-bond acceptors (Lipinski definition) is 4. The molecule has 1 atom stereocenters. The third-order valence-electron chi connectivity index (χ3n) is 2.98. The summed E-state index contributed by atoms with van der Waals surface area (Å²) in [5.41, 5.74) is 5.56. The largest absolute Gasteiger partial charge is 0.468 e. The Labute approximate surface area is 115 Å². The standard InChI is InChI=1S/C14H25N3O2/c1-14(2,15)8-7-13(18)16-10-11(17(3)4)12-6-5-9-19-12/h5-6,9,11H,7-8,10,15H2,1-4H3,(H,16,18). The van der Waals surface area contributed by atoms with Crippen molar-refractivity contribution >= 4 is 5.91 Å². The molecule has 0 spiro atoms. The Balaban J connectivity index is 2.43. The van der Waals surface area contributed by atoms with E-state index >= 15 is 0 Å². The van der Waals surface area contributed by atoms with Crippen LogP contribution in [0.5, 0.6) is 0 Å². The molecule has 0 saturated heterocycles. The highest BCUT2D eigenvalue weighted by atomic mass is 16.3. The molecule has 5 nitrogen and oxygen atoms in total. The van der Waals surface area contributed by atoms with E-state index < -0.39 is 0 Å². The summed E-state index contributed by atoms with van der Waals surface area (Å²) in [6.07, 6.45) is 2.76. The minimum absolute atomic E-state index is 0.0249. The van der Waals surface area contributed by atoms with Gasteiger partial charge in [0.15, 0.2) is 0 Å². The van der Waals surface area contributed by atoms with Crippen LogP contribution in [0.25, 0.3) is 0 Å². The van der Waals surface area contributed by atoms with Crippen LogP contribution in [-0.4, -0.2) is 37.0 Å². The van der Waals surface area contributed by atoms with Crippen LogP contribution in [0.2, 0.25) is 0 Å². The average Bonchev–Trinajstić information content (AvgIpc) is 2.78. The molecule has 0 aliphatic rings. The van der Waals surface area contributed by atoms with Crippen molar-refractivity contribution in [2.45, 2.75) is 38.3 Å². The highest BCUT2D eigenvalue weighted by Crippen LogP contribution is 2.17. The maximum atomic E-state index is 11.8. The second-order valence-corrected chi connectivity index (χ2v) is 5.79. The van der Waals surface area contributed by atoms with Crippen LogP contribution in [0.3, 0.4) is 0 Å². The third kappa shape index (κ3) is 5.89. The van der Waals surface area contributed by atoms with E-state index in [2.05, 4.69) is 5.32 Å². The average molecular weight is 267 g/mol. The van der Waals surface area contributed by atoms with Gasteiger partial charge in [-0.05, 0) is 46.5 Å². The van der Waals surface area contributed by atoms with Gasteiger partial charge in [-0.1, -0.05) is 0 Å². The molecule has 0 radical (unpaired) electrons. The molecular weight excluding hydrogens is 242 g/mol. The van der Waals surface area contributed by atoms with Gasteiger partial charge in [0.1, 0.15) is 5.76 Å². The molecular formula is C14H25N3O2. The lowest BCUT2D eigenvalue weighted by molar-refractivity contribution is -0.121. The Bertz CT molecular complexity index is 380. The summed E-state index contributed by atoms with van der Waals surface area (Å²) in [5, 5.41) is 2.93. The molecule has 1 aromatic heterocycles. The normalized spacial score (nSPS) is 13.6. The Morgan fingerprint density at radius 3 is 2.68 bits per heavy atom. The zero-order chi connectivity index (χ0) is 14.5. The lowest BCUT2D eigenvalue weighted by atomic mass is 10.00. The van der Waals surface area contributed by atoms with E-state index in [4.69, 9.17) is 10.2 Å². The van der Waals surface area contributed by atoms with Gasteiger partial charge in [0.2, 0.25) is 5.91 Å². The van der Waals surface area contributed by atoms with Crippen LogP contribution >= 0.6 is 0 Å². The van der Waals surface area contributed by atoms with Crippen molar-refractivity contribution in [1.82, 2.24) is 10.2 Å². The molecule has 0 aromatic carbocycles. The SMILES string of the molecule is CN(C)C(CNC(=O)CCC(C)(C)N)c1ccco1. The van der Waals surface area contributed by atoms with Gasteiger partial charge in [-0.2, -0.15) is 0 Å². The first-order valence-electron chi connectivity index (χ1n) is 6.55. The summed E-state index contributed by atoms with van der Waals surface area (Å²) in [7, 11) is 3.92. The summed E-state index contributed by atoms with van der Waals surface area (Å²) in [5.74, 6) is 0.876. The molecule has 0 aliphatic heterocycles. The predicted octanol–water partition coefficient (Wildman–Crippen LogP) is 1.52. The number of carbonyl (C=O) groups excluding carboxylic acids is 1. The highest BCUT2D eigenvalue weighted by molar-refractivity contribution is 5.76. The van der Waals surface area contributed by atoms with Crippen molar-refractivity contribution in [3.63, 3.8) is 0 Å². The van der Waals surface area contributed by atoms with Crippen LogP contribution < -0.4 is 11.1 Å². The number of carbonyl (C=O) groups is 1. The molecule has 1 rings (SSSR count). The molecule has 1 unspecified atom stereocenters. The van der Waals surface area contributed by atoms with Crippen LogP contribution in [-0.2, 0) is 4.79 Å². The quantitative estimate of drug-likeness (QED) is 0.785. The topological polar surface area (TPSA) is 71.5 Å². The number of amides is 1. The van der Waals surface area contributed by atoms with Gasteiger partial charge in [0.05, 0.1) is 12.3 Å². The van der Waals surface area contributed by atoms with E-state index in [1.54, 1.807) is 6.26 Å². The van der Waals surface area contributed by atoms with Crippen molar-refractivity contribution in [2.24, 2.45) is 5.73 Å². The molecule has 0 aliphatic carbocycles. The molecule has 3 N–H and O–H groups in total. The molecule has 0 bridgehead atoms. The molecule has 1 amide bonds. The fraction of sp³-hybridized carbons (Fsp3) is 0.643. The molecule has 5 heteroatoms. The van der Waals surface area contributed by atoms with Gasteiger partial charge in [-0.15, -0.1) is 0 Å². The molecule has 19 heavy (non-hydrogen) atoms. The van der Waals surface area contributed by atoms with E-state index in [0.717, 1.165) is 5.76 Å². The van der Waals surface area contributed by atoms with Gasteiger partial charge in [0, 0.05) is 18.5 Å². The Hall–Kier alpha value is -1.33. The maximum Gasteiger partial charge on any atom is 0.220 e. The fourth-order valence-electron chi connectivity index (χ4n) is 1.75. The smallest absolute Gasteiger partial charge is 0.220 e. The van der Waals surface area contributed by atoms with Crippen LogP contribution in [0.4, 0.5) is 0 Å². The Morgan fingerprint density at radius 2 is 2.21 bits per heavy atom. The summed E-state index contributed by atoms with van der Waals surface area (Å²) in [6.45, 7) is 4.38. The van der Waals surface area contributed by atoms with Crippen molar-refractivity contribution in [3.8, 4) is 0 Å². The number of rotatable bonds is 7. The minimum Gasteiger partial charge on any atom is -0.468 e. The van der Waals surface area contributed by atoms with E-state index in [9.17, 15) is 4.79 Å². The van der Waals surface area contributed by atoms with E-state index in [-0.39, 0.29) is 17.5 Å². The summed E-state index contributed by atoms with van der Waals surface area (Å²) in [4.78, 5) is 13.8. The van der Waals surface area contributed by atoms with Gasteiger partial charge >= 0.3 is 0 Å². The van der Waals surface area contributed by atoms with E-state index in [1.165, 1.54) is 0 Å². The zero-order valence-electron chi connectivity index (χ0n) is 12.3. The van der Waals surface area contributed by atoms with Crippen molar-refractivity contribution < 1.29 is 9.21 Å². The molecule has 1 heterocycles. The van der Waals surface area contributed by atoms with Crippen LogP contribution in [0.15, 0.2) is 22.8 Å². The van der Waals surface area contributed by atoms with E-state index in [1.807, 2.05) is 45.0 Å². The Morgan fingerprint density at radius 1 is 1.53 bits per heavy atom. The second kappa shape index (κ2) is 6.73. The lowest BCUT2D eigenvalue weighted by Crippen LogP contribution is -2.37. The third-order valence-corrected chi connectivity index (χ3v) is 2.98. The van der Waals surface area contributed by atoms with Gasteiger partial charge in [-0.3, -0.25) is 9.69 Å². The number of hydrogen-bond donors (Lipinski definition) is 2. The first-order valence-corrected chi connectivity index (χ1v) is 6.55. The van der Waals surface area contributed by atoms with Crippen molar-refractivity contribution in [3.05, 3.63) is 24.2 Å². The van der Waals surface area contributed by atoms with Gasteiger partial charge < -0.3 is 15.5 Å². The first kappa shape index (κ1) is 15.7. The zero-order valence-corrected chi connectivity index (χ0v) is 12.3. The number of nitrogens with two attached hydrogens (primary N) is 1. The van der Waals surface area contributed by atoms with Crippen molar-refractivity contribution in [2.75, 3.05) is 20.6 Å². The van der Waals surface area contributed by atoms with Crippen LogP contribution in [0, 0.1) is 0 Å². The first-order chi connectivity index (χ1) is 8.79. The molecule has 0 fully saturated rings. The summed E-state index contributed by atoms with van der Waals surface area (Å²) in [6, 6.07) is 3.81. The maximum absolute atomic E-state index is 11.8.